The van der Waals surface area contributed by atoms with E-state index in [2.05, 4.69) is 10.6 Å². The van der Waals surface area contributed by atoms with Gasteiger partial charge in [-0.2, -0.15) is 11.8 Å². The highest BCUT2D eigenvalue weighted by Crippen LogP contribution is 2.22. The van der Waals surface area contributed by atoms with Crippen molar-refractivity contribution in [2.45, 2.75) is 18.9 Å². The molecule has 0 radical (unpaired) electrons. The zero-order valence-electron chi connectivity index (χ0n) is 7.91. The summed E-state index contributed by atoms with van der Waals surface area (Å²) in [5, 5.41) is 5.45. The van der Waals surface area contributed by atoms with Gasteiger partial charge in [-0.1, -0.05) is 0 Å². The Morgan fingerprint density at radius 2 is 2.36 bits per heavy atom. The molecule has 14 heavy (non-hydrogen) atoms. The molecular weight excluding hydrogens is 200 g/mol. The summed E-state index contributed by atoms with van der Waals surface area (Å²) in [5.74, 6) is 2.75. The van der Waals surface area contributed by atoms with Crippen LogP contribution in [0.25, 0.3) is 0 Å². The minimum absolute atomic E-state index is 0.159. The standard InChI is InChI=1S/C9H14N2O2S/c12-8-3-7(9(13)11-8)10-4-6-1-2-14-5-6/h6-7,10H,1-5H2,(H,11,12,13). The second-order valence-corrected chi connectivity index (χ2v) is 4.96. The van der Waals surface area contributed by atoms with Crippen LogP contribution >= 0.6 is 11.8 Å². The molecule has 2 heterocycles. The summed E-state index contributed by atoms with van der Waals surface area (Å²) in [7, 11) is 0. The average molecular weight is 214 g/mol. The maximum atomic E-state index is 11.2. The first-order valence-corrected chi connectivity index (χ1v) is 6.06. The molecule has 0 aliphatic carbocycles. The van der Waals surface area contributed by atoms with Gasteiger partial charge in [0.1, 0.15) is 0 Å². The van der Waals surface area contributed by atoms with Gasteiger partial charge in [-0.15, -0.1) is 0 Å². The molecule has 78 valence electrons. The number of rotatable bonds is 3. The minimum Gasteiger partial charge on any atom is -0.305 e. The van der Waals surface area contributed by atoms with E-state index in [0.717, 1.165) is 6.54 Å². The first-order chi connectivity index (χ1) is 6.75. The molecule has 2 amide bonds. The highest BCUT2D eigenvalue weighted by atomic mass is 32.2. The molecule has 0 aromatic heterocycles. The highest BCUT2D eigenvalue weighted by molar-refractivity contribution is 7.99. The third-order valence-corrected chi connectivity index (χ3v) is 3.88. The van der Waals surface area contributed by atoms with Crippen LogP contribution in [0.4, 0.5) is 0 Å². The van der Waals surface area contributed by atoms with Gasteiger partial charge in [-0.05, 0) is 30.4 Å². The molecule has 2 saturated heterocycles. The van der Waals surface area contributed by atoms with Crippen molar-refractivity contribution in [3.8, 4) is 0 Å². The van der Waals surface area contributed by atoms with E-state index in [1.165, 1.54) is 17.9 Å². The Balaban J connectivity index is 1.74. The van der Waals surface area contributed by atoms with E-state index in [1.54, 1.807) is 0 Å². The van der Waals surface area contributed by atoms with Crippen molar-refractivity contribution in [2.75, 3.05) is 18.1 Å². The maximum Gasteiger partial charge on any atom is 0.244 e. The van der Waals surface area contributed by atoms with Crippen molar-refractivity contribution < 1.29 is 9.59 Å². The Morgan fingerprint density at radius 3 is 2.93 bits per heavy atom. The first kappa shape index (κ1) is 9.98. The van der Waals surface area contributed by atoms with Gasteiger partial charge in [-0.3, -0.25) is 14.9 Å². The fraction of sp³-hybridized carbons (Fsp3) is 0.778. The Bertz CT molecular complexity index is 251. The van der Waals surface area contributed by atoms with E-state index in [1.807, 2.05) is 11.8 Å². The quantitative estimate of drug-likeness (QED) is 0.636. The normalized spacial score (nSPS) is 32.3. The lowest BCUT2D eigenvalue weighted by Crippen LogP contribution is -2.38. The summed E-state index contributed by atoms with van der Waals surface area (Å²) in [6.07, 6.45) is 1.53. The van der Waals surface area contributed by atoms with Crippen molar-refractivity contribution in [1.29, 1.82) is 0 Å². The Kier molecular flexibility index (Phi) is 3.08. The topological polar surface area (TPSA) is 58.2 Å². The molecule has 0 aromatic carbocycles. The number of thioether (sulfide) groups is 1. The van der Waals surface area contributed by atoms with E-state index >= 15 is 0 Å². The van der Waals surface area contributed by atoms with Gasteiger partial charge in [0.05, 0.1) is 12.5 Å². The molecule has 4 nitrogen and oxygen atoms in total. The summed E-state index contributed by atoms with van der Waals surface area (Å²) in [4.78, 5) is 22.1. The lowest BCUT2D eigenvalue weighted by Gasteiger charge is -2.12. The lowest BCUT2D eigenvalue weighted by molar-refractivity contribution is -0.125. The molecular formula is C9H14N2O2S. The Hall–Kier alpha value is -0.550. The SMILES string of the molecule is O=C1CC(NCC2CCSC2)C(=O)N1. The van der Waals surface area contributed by atoms with E-state index in [4.69, 9.17) is 0 Å². The van der Waals surface area contributed by atoms with Crippen molar-refractivity contribution in [3.05, 3.63) is 0 Å². The van der Waals surface area contributed by atoms with Crippen molar-refractivity contribution in [3.63, 3.8) is 0 Å². The van der Waals surface area contributed by atoms with E-state index < -0.39 is 0 Å². The number of hydrogen-bond donors (Lipinski definition) is 2. The van der Waals surface area contributed by atoms with Crippen LogP contribution in [0, 0.1) is 5.92 Å². The molecule has 0 aromatic rings. The molecule has 2 unspecified atom stereocenters. The van der Waals surface area contributed by atoms with Gasteiger partial charge in [0.25, 0.3) is 0 Å². The highest BCUT2D eigenvalue weighted by Gasteiger charge is 2.30. The van der Waals surface area contributed by atoms with Crippen LogP contribution < -0.4 is 10.6 Å². The molecule has 2 aliphatic heterocycles. The van der Waals surface area contributed by atoms with Crippen LogP contribution in [0.5, 0.6) is 0 Å². The van der Waals surface area contributed by atoms with Crippen LogP contribution in [-0.4, -0.2) is 35.9 Å². The third kappa shape index (κ3) is 2.27. The summed E-state index contributed by atoms with van der Waals surface area (Å²) >= 11 is 1.96. The zero-order valence-corrected chi connectivity index (χ0v) is 8.73. The summed E-state index contributed by atoms with van der Waals surface area (Å²) < 4.78 is 0. The van der Waals surface area contributed by atoms with Gasteiger partial charge in [0.2, 0.25) is 11.8 Å². The molecule has 0 saturated carbocycles. The number of nitrogens with one attached hydrogen (secondary N) is 2. The van der Waals surface area contributed by atoms with Crippen molar-refractivity contribution in [2.24, 2.45) is 5.92 Å². The Labute approximate surface area is 87.2 Å². The van der Waals surface area contributed by atoms with Gasteiger partial charge in [-0.25, -0.2) is 0 Å². The summed E-state index contributed by atoms with van der Waals surface area (Å²) in [5.41, 5.74) is 0. The van der Waals surface area contributed by atoms with Gasteiger partial charge in [0, 0.05) is 0 Å². The second kappa shape index (κ2) is 4.31. The molecule has 2 N–H and O–H groups in total. The molecule has 5 heteroatoms. The molecule has 2 atom stereocenters. The third-order valence-electron chi connectivity index (χ3n) is 2.65. The van der Waals surface area contributed by atoms with Gasteiger partial charge < -0.3 is 5.32 Å². The maximum absolute atomic E-state index is 11.2. The van der Waals surface area contributed by atoms with Crippen LogP contribution in [0.1, 0.15) is 12.8 Å². The Morgan fingerprint density at radius 1 is 1.50 bits per heavy atom. The molecule has 0 bridgehead atoms. The smallest absolute Gasteiger partial charge is 0.244 e. The minimum atomic E-state index is -0.284. The lowest BCUT2D eigenvalue weighted by atomic mass is 10.1. The van der Waals surface area contributed by atoms with Crippen LogP contribution in [0.3, 0.4) is 0 Å². The molecule has 2 rings (SSSR count). The fourth-order valence-corrected chi connectivity index (χ4v) is 3.06. The molecule has 2 aliphatic rings. The number of imide groups is 1. The van der Waals surface area contributed by atoms with E-state index in [0.29, 0.717) is 12.3 Å². The van der Waals surface area contributed by atoms with Crippen LogP contribution in [-0.2, 0) is 9.59 Å². The number of carbonyl (C=O) groups is 2. The van der Waals surface area contributed by atoms with Crippen molar-refractivity contribution >= 4 is 23.6 Å². The van der Waals surface area contributed by atoms with E-state index in [-0.39, 0.29) is 17.9 Å². The monoisotopic (exact) mass is 214 g/mol. The van der Waals surface area contributed by atoms with Crippen molar-refractivity contribution in [1.82, 2.24) is 10.6 Å². The van der Waals surface area contributed by atoms with Crippen LogP contribution in [0.15, 0.2) is 0 Å². The largest absolute Gasteiger partial charge is 0.305 e. The zero-order chi connectivity index (χ0) is 9.97. The number of carbonyl (C=O) groups excluding carboxylic acids is 2. The molecule has 2 fully saturated rings. The number of amides is 2. The van der Waals surface area contributed by atoms with Crippen LogP contribution in [0.2, 0.25) is 0 Å². The van der Waals surface area contributed by atoms with Gasteiger partial charge in [0.15, 0.2) is 0 Å². The predicted molar refractivity (Wildman–Crippen MR) is 55.0 cm³/mol. The fourth-order valence-electron chi connectivity index (χ4n) is 1.77. The summed E-state index contributed by atoms with van der Waals surface area (Å²) in [6, 6.07) is -0.284. The predicted octanol–water partition coefficient (Wildman–Crippen LogP) is -0.256. The first-order valence-electron chi connectivity index (χ1n) is 4.90. The molecule has 0 spiro atoms. The number of hydrogen-bond acceptors (Lipinski definition) is 4. The van der Waals surface area contributed by atoms with E-state index in [9.17, 15) is 9.59 Å². The average Bonchev–Trinajstić information content (AvgIpc) is 2.72. The van der Waals surface area contributed by atoms with Gasteiger partial charge >= 0.3 is 0 Å². The summed E-state index contributed by atoms with van der Waals surface area (Å²) in [6.45, 7) is 0.859. The second-order valence-electron chi connectivity index (χ2n) is 3.81.